The van der Waals surface area contributed by atoms with Crippen molar-refractivity contribution < 1.29 is 4.79 Å². The molecule has 0 aromatic carbocycles. The lowest BCUT2D eigenvalue weighted by Gasteiger charge is -2.35. The van der Waals surface area contributed by atoms with E-state index < -0.39 is 0 Å². The number of H-pyrrole nitrogens is 2. The Labute approximate surface area is 136 Å². The number of rotatable bonds is 4. The van der Waals surface area contributed by atoms with Crippen molar-refractivity contribution in [2.75, 3.05) is 0 Å². The summed E-state index contributed by atoms with van der Waals surface area (Å²) >= 11 is 0. The summed E-state index contributed by atoms with van der Waals surface area (Å²) in [6, 6.07) is 1.58. The fraction of sp³-hybridized carbons (Fsp3) is 0.438. The third-order valence-electron chi connectivity index (χ3n) is 4.54. The van der Waals surface area contributed by atoms with Gasteiger partial charge in [0.05, 0.1) is 11.9 Å². The molecule has 0 unspecified atom stereocenters. The van der Waals surface area contributed by atoms with E-state index in [1.54, 1.807) is 6.07 Å². The first kappa shape index (κ1) is 14.8. The predicted molar refractivity (Wildman–Crippen MR) is 84.9 cm³/mol. The first-order valence-electron chi connectivity index (χ1n) is 8.05. The zero-order chi connectivity index (χ0) is 16.7. The molecule has 2 heterocycles. The van der Waals surface area contributed by atoms with Crippen LogP contribution >= 0.6 is 0 Å². The van der Waals surface area contributed by atoms with Crippen molar-refractivity contribution in [3.63, 3.8) is 0 Å². The Balaban J connectivity index is 1.38. The minimum Gasteiger partial charge on any atom is -0.348 e. The molecule has 8 heteroatoms. The van der Waals surface area contributed by atoms with Crippen LogP contribution in [0.2, 0.25) is 0 Å². The number of hydrogen-bond donors (Lipinski definition) is 3. The first-order chi connectivity index (χ1) is 11.6. The van der Waals surface area contributed by atoms with Crippen molar-refractivity contribution in [1.82, 2.24) is 25.3 Å². The molecule has 2 aromatic rings. The molecule has 0 spiro atoms. The van der Waals surface area contributed by atoms with Gasteiger partial charge in [0.15, 0.2) is 0 Å². The van der Waals surface area contributed by atoms with E-state index in [0.29, 0.717) is 5.92 Å². The van der Waals surface area contributed by atoms with Crippen molar-refractivity contribution in [1.29, 1.82) is 0 Å². The SMILES string of the molecule is O=C(NC1CC(c2cc(=O)[nH]c(C3CC3)n2)C1)c1c[nH]c(=O)cn1. The van der Waals surface area contributed by atoms with Crippen LogP contribution in [0, 0.1) is 0 Å². The van der Waals surface area contributed by atoms with Crippen LogP contribution in [0.25, 0.3) is 0 Å². The van der Waals surface area contributed by atoms with Gasteiger partial charge < -0.3 is 15.3 Å². The fourth-order valence-corrected chi connectivity index (χ4v) is 2.96. The summed E-state index contributed by atoms with van der Waals surface area (Å²) in [5.74, 6) is 1.08. The van der Waals surface area contributed by atoms with Gasteiger partial charge in [-0.3, -0.25) is 14.4 Å². The molecule has 24 heavy (non-hydrogen) atoms. The van der Waals surface area contributed by atoms with Gasteiger partial charge in [0, 0.05) is 30.1 Å². The molecule has 0 radical (unpaired) electrons. The number of nitrogens with zero attached hydrogens (tertiary/aromatic N) is 2. The highest BCUT2D eigenvalue weighted by Crippen LogP contribution is 2.40. The van der Waals surface area contributed by atoms with E-state index in [2.05, 4.69) is 25.3 Å². The molecule has 0 bridgehead atoms. The average molecular weight is 327 g/mol. The molecule has 0 aliphatic heterocycles. The van der Waals surface area contributed by atoms with Crippen LogP contribution in [0.4, 0.5) is 0 Å². The third kappa shape index (κ3) is 2.99. The number of nitrogens with one attached hydrogen (secondary N) is 3. The quantitative estimate of drug-likeness (QED) is 0.751. The number of hydrogen-bond acceptors (Lipinski definition) is 5. The number of carbonyl (C=O) groups is 1. The van der Waals surface area contributed by atoms with Crippen LogP contribution < -0.4 is 16.4 Å². The summed E-state index contributed by atoms with van der Waals surface area (Å²) in [5, 5.41) is 2.88. The van der Waals surface area contributed by atoms with Gasteiger partial charge in [0.25, 0.3) is 17.0 Å². The van der Waals surface area contributed by atoms with Crippen LogP contribution in [-0.4, -0.2) is 31.9 Å². The third-order valence-corrected chi connectivity index (χ3v) is 4.54. The largest absolute Gasteiger partial charge is 0.348 e. The zero-order valence-corrected chi connectivity index (χ0v) is 12.9. The van der Waals surface area contributed by atoms with Gasteiger partial charge in [0.2, 0.25) is 0 Å². The Hall–Kier alpha value is -2.77. The standard InChI is InChI=1S/C16H17N5O3/c22-13-5-11(20-15(21-13)8-1-2-8)9-3-10(4-9)19-16(24)12-6-18-14(23)7-17-12/h5-10H,1-4H2,(H,18,23)(H,19,24)(H,20,21,22). The maximum Gasteiger partial charge on any atom is 0.271 e. The van der Waals surface area contributed by atoms with Crippen molar-refractivity contribution in [2.45, 2.75) is 43.6 Å². The molecule has 2 aromatic heterocycles. The topological polar surface area (TPSA) is 121 Å². The smallest absolute Gasteiger partial charge is 0.271 e. The molecule has 2 saturated carbocycles. The first-order valence-corrected chi connectivity index (χ1v) is 8.05. The molecule has 1 amide bonds. The Bertz CT molecular complexity index is 873. The molecule has 0 atom stereocenters. The van der Waals surface area contributed by atoms with Crippen LogP contribution in [-0.2, 0) is 0 Å². The number of aromatic amines is 2. The van der Waals surface area contributed by atoms with Gasteiger partial charge in [-0.05, 0) is 25.7 Å². The Kier molecular flexibility index (Phi) is 3.51. The lowest BCUT2D eigenvalue weighted by molar-refractivity contribution is 0.0902. The van der Waals surface area contributed by atoms with Crippen LogP contribution in [0.5, 0.6) is 0 Å². The second kappa shape index (κ2) is 5.70. The summed E-state index contributed by atoms with van der Waals surface area (Å²) in [7, 11) is 0. The second-order valence-corrected chi connectivity index (χ2v) is 6.46. The Morgan fingerprint density at radius 1 is 1.17 bits per heavy atom. The molecule has 2 aliphatic carbocycles. The van der Waals surface area contributed by atoms with Crippen molar-refractivity contribution in [2.24, 2.45) is 0 Å². The number of aromatic nitrogens is 4. The van der Waals surface area contributed by atoms with E-state index in [1.807, 2.05) is 0 Å². The van der Waals surface area contributed by atoms with Crippen LogP contribution in [0.3, 0.4) is 0 Å². The second-order valence-electron chi connectivity index (χ2n) is 6.46. The van der Waals surface area contributed by atoms with Crippen molar-refractivity contribution >= 4 is 5.91 Å². The minimum absolute atomic E-state index is 0.0293. The molecule has 4 rings (SSSR count). The molecule has 0 saturated heterocycles. The molecule has 2 fully saturated rings. The van der Waals surface area contributed by atoms with E-state index in [9.17, 15) is 14.4 Å². The summed E-state index contributed by atoms with van der Waals surface area (Å²) in [6.07, 6.45) is 6.04. The van der Waals surface area contributed by atoms with E-state index in [-0.39, 0.29) is 34.7 Å². The highest BCUT2D eigenvalue weighted by atomic mass is 16.2. The van der Waals surface area contributed by atoms with Gasteiger partial charge in [-0.1, -0.05) is 0 Å². The summed E-state index contributed by atoms with van der Waals surface area (Å²) < 4.78 is 0. The van der Waals surface area contributed by atoms with Crippen LogP contribution in [0.1, 0.15) is 59.5 Å². The maximum atomic E-state index is 12.0. The lowest BCUT2D eigenvalue weighted by atomic mass is 9.78. The van der Waals surface area contributed by atoms with E-state index in [1.165, 1.54) is 6.20 Å². The lowest BCUT2D eigenvalue weighted by Crippen LogP contribution is -2.44. The van der Waals surface area contributed by atoms with Gasteiger partial charge in [-0.2, -0.15) is 0 Å². The number of carbonyl (C=O) groups excluding carboxylic acids is 1. The molecular formula is C16H17N5O3. The van der Waals surface area contributed by atoms with Gasteiger partial charge in [-0.15, -0.1) is 0 Å². The van der Waals surface area contributed by atoms with Crippen molar-refractivity contribution in [3.8, 4) is 0 Å². The van der Waals surface area contributed by atoms with E-state index >= 15 is 0 Å². The minimum atomic E-state index is -0.345. The molecular weight excluding hydrogens is 310 g/mol. The van der Waals surface area contributed by atoms with Gasteiger partial charge in [0.1, 0.15) is 11.5 Å². The summed E-state index contributed by atoms with van der Waals surface area (Å²) in [4.78, 5) is 48.4. The summed E-state index contributed by atoms with van der Waals surface area (Å²) in [6.45, 7) is 0. The van der Waals surface area contributed by atoms with E-state index in [4.69, 9.17) is 0 Å². The zero-order valence-electron chi connectivity index (χ0n) is 12.9. The summed E-state index contributed by atoms with van der Waals surface area (Å²) in [5.41, 5.74) is 0.547. The highest BCUT2D eigenvalue weighted by Gasteiger charge is 2.34. The number of amides is 1. The highest BCUT2D eigenvalue weighted by molar-refractivity contribution is 5.92. The molecule has 2 aliphatic rings. The molecule has 3 N–H and O–H groups in total. The predicted octanol–water partition coefficient (Wildman–Crippen LogP) is 0.407. The van der Waals surface area contributed by atoms with Crippen molar-refractivity contribution in [3.05, 3.63) is 56.4 Å². The van der Waals surface area contributed by atoms with E-state index in [0.717, 1.165) is 43.4 Å². The Morgan fingerprint density at radius 3 is 2.62 bits per heavy atom. The maximum absolute atomic E-state index is 12.0. The normalized spacial score (nSPS) is 22.7. The van der Waals surface area contributed by atoms with Gasteiger partial charge in [-0.25, -0.2) is 9.97 Å². The Morgan fingerprint density at radius 2 is 1.96 bits per heavy atom. The van der Waals surface area contributed by atoms with Crippen LogP contribution in [0.15, 0.2) is 28.0 Å². The monoisotopic (exact) mass is 327 g/mol. The van der Waals surface area contributed by atoms with Gasteiger partial charge >= 0.3 is 0 Å². The molecule has 8 nitrogen and oxygen atoms in total. The fourth-order valence-electron chi connectivity index (χ4n) is 2.96. The molecule has 124 valence electrons. The average Bonchev–Trinajstić information content (AvgIpc) is 3.35.